The number of hydrogen-bond donors (Lipinski definition) is 1. The summed E-state index contributed by atoms with van der Waals surface area (Å²) in [5, 5.41) is 12.4. The van der Waals surface area contributed by atoms with E-state index in [1.54, 1.807) is 6.07 Å². The van der Waals surface area contributed by atoms with Crippen molar-refractivity contribution in [3.8, 4) is 5.75 Å². The minimum Gasteiger partial charge on any atom is -0.494 e. The summed E-state index contributed by atoms with van der Waals surface area (Å²) >= 11 is 1.43. The topological polar surface area (TPSA) is 64.1 Å². The lowest BCUT2D eigenvalue weighted by atomic mass is 10.1. The third kappa shape index (κ3) is 4.27. The first-order valence-corrected chi connectivity index (χ1v) is 8.32. The largest absolute Gasteiger partial charge is 0.494 e. The first kappa shape index (κ1) is 16.4. The smallest absolute Gasteiger partial charge is 0.257 e. The molecule has 1 aromatic carbocycles. The number of rotatable bonds is 7. The fraction of sp³-hybridized carbons (Fsp3) is 0.438. The molecule has 118 valence electrons. The number of carbonyl (C=O) groups excluding carboxylic acids is 1. The fourth-order valence-electron chi connectivity index (χ4n) is 2.01. The molecule has 0 saturated carbocycles. The zero-order valence-corrected chi connectivity index (χ0v) is 14.0. The van der Waals surface area contributed by atoms with Gasteiger partial charge in [0.05, 0.1) is 6.61 Å². The van der Waals surface area contributed by atoms with E-state index in [1.807, 2.05) is 26.0 Å². The van der Waals surface area contributed by atoms with Crippen molar-refractivity contribution in [3.63, 3.8) is 0 Å². The summed E-state index contributed by atoms with van der Waals surface area (Å²) in [7, 11) is 0. The summed E-state index contributed by atoms with van der Waals surface area (Å²) in [4.78, 5) is 12.2. The Morgan fingerprint density at radius 1 is 1.32 bits per heavy atom. The van der Waals surface area contributed by atoms with Gasteiger partial charge in [0, 0.05) is 12.0 Å². The van der Waals surface area contributed by atoms with Gasteiger partial charge in [-0.25, -0.2) is 0 Å². The van der Waals surface area contributed by atoms with Crippen molar-refractivity contribution in [2.45, 2.75) is 40.0 Å². The summed E-state index contributed by atoms with van der Waals surface area (Å²) in [6.45, 7) is 6.61. The monoisotopic (exact) mass is 319 g/mol. The van der Waals surface area contributed by atoms with E-state index in [2.05, 4.69) is 22.4 Å². The standard InChI is InChI=1S/C16H21N3O2S/c1-4-6-7-14-18-19-16(22-14)17-15(20)12-8-9-13(21-5-2)11(3)10-12/h8-10H,4-7H2,1-3H3,(H,17,19,20). The number of unbranched alkanes of at least 4 members (excludes halogenated alkanes) is 1. The molecule has 1 amide bonds. The number of amides is 1. The van der Waals surface area contributed by atoms with Crippen LogP contribution in [0.4, 0.5) is 5.13 Å². The van der Waals surface area contributed by atoms with Crippen LogP contribution in [0.25, 0.3) is 0 Å². The molecule has 0 bridgehead atoms. The molecule has 1 aromatic heterocycles. The molecule has 0 aliphatic rings. The number of benzene rings is 1. The molecule has 0 atom stereocenters. The van der Waals surface area contributed by atoms with Crippen molar-refractivity contribution < 1.29 is 9.53 Å². The van der Waals surface area contributed by atoms with Gasteiger partial charge in [0.1, 0.15) is 10.8 Å². The highest BCUT2D eigenvalue weighted by atomic mass is 32.1. The van der Waals surface area contributed by atoms with E-state index in [9.17, 15) is 4.79 Å². The van der Waals surface area contributed by atoms with Gasteiger partial charge in [0.2, 0.25) is 5.13 Å². The van der Waals surface area contributed by atoms with Crippen molar-refractivity contribution in [1.82, 2.24) is 10.2 Å². The van der Waals surface area contributed by atoms with E-state index >= 15 is 0 Å². The fourth-order valence-corrected chi connectivity index (χ4v) is 2.79. The molecule has 5 nitrogen and oxygen atoms in total. The number of nitrogens with zero attached hydrogens (tertiary/aromatic N) is 2. The second kappa shape index (κ2) is 7.89. The van der Waals surface area contributed by atoms with E-state index in [0.29, 0.717) is 17.3 Å². The molecule has 1 heterocycles. The molecule has 2 rings (SSSR count). The highest BCUT2D eigenvalue weighted by molar-refractivity contribution is 7.15. The van der Waals surface area contributed by atoms with Crippen molar-refractivity contribution in [2.24, 2.45) is 0 Å². The van der Waals surface area contributed by atoms with Crippen molar-refractivity contribution in [2.75, 3.05) is 11.9 Å². The number of hydrogen-bond acceptors (Lipinski definition) is 5. The number of anilines is 1. The number of carbonyl (C=O) groups is 1. The van der Waals surface area contributed by atoms with Crippen molar-refractivity contribution >= 4 is 22.4 Å². The average Bonchev–Trinajstić information content (AvgIpc) is 2.94. The first-order valence-electron chi connectivity index (χ1n) is 7.51. The number of aromatic nitrogens is 2. The lowest BCUT2D eigenvalue weighted by molar-refractivity contribution is 0.102. The van der Waals surface area contributed by atoms with Gasteiger partial charge in [-0.05, 0) is 44.0 Å². The Kier molecular flexibility index (Phi) is 5.89. The normalized spacial score (nSPS) is 10.5. The molecule has 1 N–H and O–H groups in total. The van der Waals surface area contributed by atoms with Crippen LogP contribution in [0.3, 0.4) is 0 Å². The Bertz CT molecular complexity index is 640. The highest BCUT2D eigenvalue weighted by Gasteiger charge is 2.11. The van der Waals surface area contributed by atoms with Gasteiger partial charge in [-0.2, -0.15) is 0 Å². The lowest BCUT2D eigenvalue weighted by Gasteiger charge is -2.08. The van der Waals surface area contributed by atoms with Crippen molar-refractivity contribution in [3.05, 3.63) is 34.3 Å². The molecule has 6 heteroatoms. The molecule has 2 aromatic rings. The Hall–Kier alpha value is -1.95. The Morgan fingerprint density at radius 3 is 2.82 bits per heavy atom. The second-order valence-electron chi connectivity index (χ2n) is 4.97. The second-order valence-corrected chi connectivity index (χ2v) is 6.03. The van der Waals surface area contributed by atoms with E-state index < -0.39 is 0 Å². The maximum Gasteiger partial charge on any atom is 0.257 e. The van der Waals surface area contributed by atoms with Crippen LogP contribution in [0.1, 0.15) is 47.6 Å². The third-order valence-electron chi connectivity index (χ3n) is 3.17. The Morgan fingerprint density at radius 2 is 2.14 bits per heavy atom. The van der Waals surface area contributed by atoms with Crippen LogP contribution in [0.15, 0.2) is 18.2 Å². The molecule has 0 aliphatic carbocycles. The van der Waals surface area contributed by atoms with E-state index in [0.717, 1.165) is 35.6 Å². The molecule has 22 heavy (non-hydrogen) atoms. The zero-order valence-electron chi connectivity index (χ0n) is 13.2. The zero-order chi connectivity index (χ0) is 15.9. The van der Waals surface area contributed by atoms with Gasteiger partial charge in [-0.3, -0.25) is 10.1 Å². The van der Waals surface area contributed by atoms with Gasteiger partial charge in [-0.15, -0.1) is 10.2 Å². The maximum atomic E-state index is 12.2. The van der Waals surface area contributed by atoms with E-state index in [-0.39, 0.29) is 5.91 Å². The van der Waals surface area contributed by atoms with Gasteiger partial charge >= 0.3 is 0 Å². The predicted molar refractivity (Wildman–Crippen MR) is 88.8 cm³/mol. The summed E-state index contributed by atoms with van der Waals surface area (Å²) < 4.78 is 5.48. The SMILES string of the molecule is CCCCc1nnc(NC(=O)c2ccc(OCC)c(C)c2)s1. The molecule has 0 aliphatic heterocycles. The Labute approximate surface area is 134 Å². The minimum atomic E-state index is -0.177. The van der Waals surface area contributed by atoms with E-state index in [1.165, 1.54) is 11.3 Å². The summed E-state index contributed by atoms with van der Waals surface area (Å²) in [5.41, 5.74) is 1.53. The molecular formula is C16H21N3O2S. The predicted octanol–water partition coefficient (Wildman–Crippen LogP) is 3.84. The van der Waals surface area contributed by atoms with Crippen LogP contribution >= 0.6 is 11.3 Å². The molecule has 0 radical (unpaired) electrons. The molecule has 0 saturated heterocycles. The van der Waals surface area contributed by atoms with Crippen LogP contribution in [-0.4, -0.2) is 22.7 Å². The average molecular weight is 319 g/mol. The summed E-state index contributed by atoms with van der Waals surface area (Å²) in [6.07, 6.45) is 3.11. The quantitative estimate of drug-likeness (QED) is 0.842. The number of ether oxygens (including phenoxy) is 1. The summed E-state index contributed by atoms with van der Waals surface area (Å²) in [5.74, 6) is 0.626. The van der Waals surface area contributed by atoms with Crippen LogP contribution in [-0.2, 0) is 6.42 Å². The van der Waals surface area contributed by atoms with E-state index in [4.69, 9.17) is 4.74 Å². The van der Waals surface area contributed by atoms with Crippen molar-refractivity contribution in [1.29, 1.82) is 0 Å². The number of aryl methyl sites for hydroxylation is 2. The van der Waals surface area contributed by atoms with Gasteiger partial charge < -0.3 is 4.74 Å². The molecule has 0 unspecified atom stereocenters. The Balaban J connectivity index is 2.02. The molecular weight excluding hydrogens is 298 g/mol. The van der Waals surface area contributed by atoms with Gasteiger partial charge in [-0.1, -0.05) is 24.7 Å². The summed E-state index contributed by atoms with van der Waals surface area (Å²) in [6, 6.07) is 5.40. The minimum absolute atomic E-state index is 0.177. The van der Waals surface area contributed by atoms with Crippen LogP contribution in [0.5, 0.6) is 5.75 Å². The first-order chi connectivity index (χ1) is 10.6. The molecule has 0 fully saturated rings. The van der Waals surface area contributed by atoms with Crippen LogP contribution < -0.4 is 10.1 Å². The third-order valence-corrected chi connectivity index (χ3v) is 4.07. The van der Waals surface area contributed by atoms with Crippen LogP contribution in [0.2, 0.25) is 0 Å². The highest BCUT2D eigenvalue weighted by Crippen LogP contribution is 2.21. The van der Waals surface area contributed by atoms with Crippen LogP contribution in [0, 0.1) is 6.92 Å². The lowest BCUT2D eigenvalue weighted by Crippen LogP contribution is -2.12. The maximum absolute atomic E-state index is 12.2. The van der Waals surface area contributed by atoms with Gasteiger partial charge in [0.25, 0.3) is 5.91 Å². The molecule has 0 spiro atoms. The number of nitrogens with one attached hydrogen (secondary N) is 1. The van der Waals surface area contributed by atoms with Gasteiger partial charge in [0.15, 0.2) is 0 Å².